The number of para-hydroxylation sites is 1. The molecule has 0 unspecified atom stereocenters. The number of aromatic nitrogens is 4. The highest BCUT2D eigenvalue weighted by atomic mass is 16.2. The molecule has 0 saturated carbocycles. The largest absolute Gasteiger partial charge is 0.334 e. The number of hydrogen-bond acceptors (Lipinski definition) is 3. The Kier molecular flexibility index (Phi) is 4.32. The van der Waals surface area contributed by atoms with Crippen molar-refractivity contribution in [3.8, 4) is 5.69 Å². The minimum absolute atomic E-state index is 0.0658. The highest BCUT2D eigenvalue weighted by Crippen LogP contribution is 2.23. The zero-order valence-corrected chi connectivity index (χ0v) is 15.2. The summed E-state index contributed by atoms with van der Waals surface area (Å²) in [6.07, 6.45) is 7.62. The molecular formula is C20H23N5O. The molecule has 0 radical (unpaired) electrons. The van der Waals surface area contributed by atoms with E-state index in [1.807, 2.05) is 70.8 Å². The summed E-state index contributed by atoms with van der Waals surface area (Å²) in [4.78, 5) is 15.1. The highest BCUT2D eigenvalue weighted by Gasteiger charge is 2.31. The molecule has 6 nitrogen and oxygen atoms in total. The van der Waals surface area contributed by atoms with Crippen LogP contribution in [0.5, 0.6) is 0 Å². The van der Waals surface area contributed by atoms with Crippen LogP contribution in [0.2, 0.25) is 0 Å². The second-order valence-corrected chi connectivity index (χ2v) is 6.93. The minimum atomic E-state index is 0.0658. The molecule has 1 aliphatic heterocycles. The van der Waals surface area contributed by atoms with Gasteiger partial charge in [0.25, 0.3) is 5.91 Å². The van der Waals surface area contributed by atoms with Crippen LogP contribution < -0.4 is 0 Å². The molecule has 0 aliphatic carbocycles. The lowest BCUT2D eigenvalue weighted by Gasteiger charge is -2.24. The Labute approximate surface area is 153 Å². The van der Waals surface area contributed by atoms with Crippen LogP contribution >= 0.6 is 0 Å². The molecule has 4 rings (SSSR count). The van der Waals surface area contributed by atoms with Crippen molar-refractivity contribution >= 4 is 5.91 Å². The van der Waals surface area contributed by atoms with Gasteiger partial charge in [0, 0.05) is 12.7 Å². The molecule has 0 spiro atoms. The summed E-state index contributed by atoms with van der Waals surface area (Å²) in [7, 11) is 0. The van der Waals surface area contributed by atoms with E-state index in [1.165, 1.54) is 0 Å². The quantitative estimate of drug-likeness (QED) is 0.728. The lowest BCUT2D eigenvalue weighted by molar-refractivity contribution is 0.0721. The number of carbonyl (C=O) groups excluding carboxylic acids is 1. The van der Waals surface area contributed by atoms with E-state index < -0.39 is 0 Å². The van der Waals surface area contributed by atoms with Gasteiger partial charge in [0.1, 0.15) is 0 Å². The van der Waals surface area contributed by atoms with E-state index in [9.17, 15) is 4.79 Å². The molecule has 134 valence electrons. The molecule has 1 saturated heterocycles. The Balaban J connectivity index is 1.56. The number of benzene rings is 1. The molecule has 6 heteroatoms. The first-order chi connectivity index (χ1) is 12.6. The van der Waals surface area contributed by atoms with Crippen LogP contribution in [0.4, 0.5) is 0 Å². The molecular weight excluding hydrogens is 326 g/mol. The second kappa shape index (κ2) is 6.78. The van der Waals surface area contributed by atoms with Gasteiger partial charge in [0.05, 0.1) is 41.9 Å². The summed E-state index contributed by atoms with van der Waals surface area (Å²) in [6.45, 7) is 5.52. The van der Waals surface area contributed by atoms with Crippen molar-refractivity contribution in [3.05, 3.63) is 65.7 Å². The van der Waals surface area contributed by atoms with Crippen LogP contribution in [0.25, 0.3) is 5.69 Å². The van der Waals surface area contributed by atoms with E-state index in [4.69, 9.17) is 0 Å². The van der Waals surface area contributed by atoms with Crippen LogP contribution in [0.15, 0.2) is 48.9 Å². The van der Waals surface area contributed by atoms with Crippen LogP contribution in [0, 0.1) is 13.8 Å². The third-order valence-electron chi connectivity index (χ3n) is 5.04. The average Bonchev–Trinajstić information content (AvgIpc) is 3.36. The maximum atomic E-state index is 13.2. The van der Waals surface area contributed by atoms with E-state index in [0.29, 0.717) is 5.56 Å². The molecule has 3 heterocycles. The molecule has 26 heavy (non-hydrogen) atoms. The zero-order valence-electron chi connectivity index (χ0n) is 15.2. The SMILES string of the molecule is Cc1cnn(C[C@H]2CCCN2C(=O)c2cnn(-c3ccccc3)c2C)c1. The molecule has 1 atom stereocenters. The maximum absolute atomic E-state index is 13.2. The van der Waals surface area contributed by atoms with Crippen molar-refractivity contribution in [3.63, 3.8) is 0 Å². The molecule has 1 amide bonds. The topological polar surface area (TPSA) is 56.0 Å². The Hall–Kier alpha value is -2.89. The third-order valence-corrected chi connectivity index (χ3v) is 5.04. The van der Waals surface area contributed by atoms with Gasteiger partial charge in [-0.3, -0.25) is 9.48 Å². The summed E-state index contributed by atoms with van der Waals surface area (Å²) in [6, 6.07) is 10.1. The zero-order chi connectivity index (χ0) is 18.1. The smallest absolute Gasteiger partial charge is 0.257 e. The first-order valence-corrected chi connectivity index (χ1v) is 9.03. The third kappa shape index (κ3) is 3.03. The van der Waals surface area contributed by atoms with Gasteiger partial charge in [-0.25, -0.2) is 4.68 Å². The molecule has 1 aromatic carbocycles. The number of aryl methyl sites for hydroxylation is 1. The second-order valence-electron chi connectivity index (χ2n) is 6.93. The van der Waals surface area contributed by atoms with Gasteiger partial charge in [-0.2, -0.15) is 10.2 Å². The first-order valence-electron chi connectivity index (χ1n) is 9.03. The fraction of sp³-hybridized carbons (Fsp3) is 0.350. The summed E-state index contributed by atoms with van der Waals surface area (Å²) in [5, 5.41) is 8.81. The van der Waals surface area contributed by atoms with Crippen LogP contribution in [-0.4, -0.2) is 43.0 Å². The lowest BCUT2D eigenvalue weighted by Crippen LogP contribution is -2.38. The van der Waals surface area contributed by atoms with Gasteiger partial charge in [-0.05, 0) is 44.4 Å². The molecule has 3 aromatic rings. The molecule has 0 bridgehead atoms. The van der Waals surface area contributed by atoms with Gasteiger partial charge in [-0.15, -0.1) is 0 Å². The average molecular weight is 349 g/mol. The van der Waals surface area contributed by atoms with Gasteiger partial charge in [-0.1, -0.05) is 18.2 Å². The van der Waals surface area contributed by atoms with Gasteiger partial charge >= 0.3 is 0 Å². The Morgan fingerprint density at radius 1 is 1.15 bits per heavy atom. The fourth-order valence-corrected chi connectivity index (χ4v) is 3.68. The Morgan fingerprint density at radius 2 is 1.96 bits per heavy atom. The number of hydrogen-bond donors (Lipinski definition) is 0. The van der Waals surface area contributed by atoms with Gasteiger partial charge < -0.3 is 4.90 Å². The van der Waals surface area contributed by atoms with Crippen molar-refractivity contribution in [2.75, 3.05) is 6.54 Å². The first kappa shape index (κ1) is 16.6. The van der Waals surface area contributed by atoms with Gasteiger partial charge in [0.15, 0.2) is 0 Å². The monoisotopic (exact) mass is 349 g/mol. The van der Waals surface area contributed by atoms with E-state index in [0.717, 1.165) is 42.9 Å². The summed E-state index contributed by atoms with van der Waals surface area (Å²) >= 11 is 0. The fourth-order valence-electron chi connectivity index (χ4n) is 3.68. The van der Waals surface area contributed by atoms with E-state index >= 15 is 0 Å². The van der Waals surface area contributed by atoms with Crippen molar-refractivity contribution in [1.82, 2.24) is 24.5 Å². The summed E-state index contributed by atoms with van der Waals surface area (Å²) < 4.78 is 3.76. The van der Waals surface area contributed by atoms with Crippen LogP contribution in [-0.2, 0) is 6.54 Å². The van der Waals surface area contributed by atoms with E-state index in [2.05, 4.69) is 10.2 Å². The molecule has 2 aromatic heterocycles. The predicted molar refractivity (Wildman–Crippen MR) is 99.3 cm³/mol. The van der Waals surface area contributed by atoms with Crippen molar-refractivity contribution < 1.29 is 4.79 Å². The number of amides is 1. The standard InChI is InChI=1S/C20H23N5O/c1-15-11-21-23(13-15)14-18-9-6-10-24(18)20(26)19-12-22-25(16(19)2)17-7-4-3-5-8-17/h3-5,7-8,11-13,18H,6,9-10,14H2,1-2H3/t18-/m1/s1. The van der Waals surface area contributed by atoms with Crippen molar-refractivity contribution in [2.45, 2.75) is 39.3 Å². The lowest BCUT2D eigenvalue weighted by atomic mass is 10.2. The molecule has 1 aliphatic rings. The van der Waals surface area contributed by atoms with E-state index in [-0.39, 0.29) is 11.9 Å². The van der Waals surface area contributed by atoms with Crippen LogP contribution in [0.3, 0.4) is 0 Å². The summed E-state index contributed by atoms with van der Waals surface area (Å²) in [5.41, 5.74) is 3.66. The summed E-state index contributed by atoms with van der Waals surface area (Å²) in [5.74, 6) is 0.0658. The molecule has 0 N–H and O–H groups in total. The predicted octanol–water partition coefficient (Wildman–Crippen LogP) is 2.99. The van der Waals surface area contributed by atoms with Gasteiger partial charge in [0.2, 0.25) is 0 Å². The highest BCUT2D eigenvalue weighted by molar-refractivity contribution is 5.95. The van der Waals surface area contributed by atoms with E-state index in [1.54, 1.807) is 6.20 Å². The molecule has 1 fully saturated rings. The van der Waals surface area contributed by atoms with Crippen LogP contribution in [0.1, 0.15) is 34.5 Å². The Bertz CT molecular complexity index is 911. The van der Waals surface area contributed by atoms with Crippen molar-refractivity contribution in [2.24, 2.45) is 0 Å². The number of rotatable bonds is 4. The number of nitrogens with zero attached hydrogens (tertiary/aromatic N) is 5. The minimum Gasteiger partial charge on any atom is -0.334 e. The Morgan fingerprint density at radius 3 is 2.69 bits per heavy atom. The number of likely N-dealkylation sites (tertiary alicyclic amines) is 1. The normalized spacial score (nSPS) is 17.0. The number of carbonyl (C=O) groups is 1. The van der Waals surface area contributed by atoms with Crippen molar-refractivity contribution in [1.29, 1.82) is 0 Å². The maximum Gasteiger partial charge on any atom is 0.257 e.